The third-order valence-corrected chi connectivity index (χ3v) is 3.23. The van der Waals surface area contributed by atoms with Crippen LogP contribution in [0.15, 0.2) is 18.3 Å². The van der Waals surface area contributed by atoms with Gasteiger partial charge in [0, 0.05) is 6.54 Å². The largest absolute Gasteiger partial charge is 0.486 e. The summed E-state index contributed by atoms with van der Waals surface area (Å²) in [5, 5.41) is 11.8. The van der Waals surface area contributed by atoms with Gasteiger partial charge in [-0.1, -0.05) is 16.8 Å². The zero-order valence-corrected chi connectivity index (χ0v) is 11.9. The van der Waals surface area contributed by atoms with Gasteiger partial charge >= 0.3 is 0 Å². The van der Waals surface area contributed by atoms with Crippen LogP contribution in [0.25, 0.3) is 0 Å². The third-order valence-electron chi connectivity index (χ3n) is 2.95. The van der Waals surface area contributed by atoms with E-state index in [9.17, 15) is 0 Å². The molecule has 0 aliphatic carbocycles. The highest BCUT2D eigenvalue weighted by molar-refractivity contribution is 6.32. The van der Waals surface area contributed by atoms with Crippen LogP contribution in [0.1, 0.15) is 11.3 Å². The quantitative estimate of drug-likeness (QED) is 0.925. The molecule has 1 aromatic heterocycles. The van der Waals surface area contributed by atoms with E-state index in [2.05, 4.69) is 15.6 Å². The van der Waals surface area contributed by atoms with Gasteiger partial charge in [-0.05, 0) is 24.7 Å². The van der Waals surface area contributed by atoms with Crippen LogP contribution < -0.4 is 14.8 Å². The van der Waals surface area contributed by atoms with Crippen molar-refractivity contribution in [2.45, 2.75) is 13.1 Å². The lowest BCUT2D eigenvalue weighted by atomic mass is 10.2. The van der Waals surface area contributed by atoms with E-state index in [0.29, 0.717) is 42.8 Å². The van der Waals surface area contributed by atoms with E-state index < -0.39 is 0 Å². The molecule has 1 aliphatic heterocycles. The first kappa shape index (κ1) is 13.2. The number of rotatable bonds is 4. The van der Waals surface area contributed by atoms with E-state index in [1.165, 1.54) is 0 Å². The molecule has 0 fully saturated rings. The van der Waals surface area contributed by atoms with Gasteiger partial charge in [-0.15, -0.1) is 5.10 Å². The second kappa shape index (κ2) is 5.68. The second-order valence-corrected chi connectivity index (χ2v) is 4.95. The fraction of sp³-hybridized carbons (Fsp3) is 0.385. The predicted molar refractivity (Wildman–Crippen MR) is 74.3 cm³/mol. The Hall–Kier alpha value is -1.79. The van der Waals surface area contributed by atoms with E-state index in [1.54, 1.807) is 4.68 Å². The molecule has 1 N–H and O–H groups in total. The van der Waals surface area contributed by atoms with Crippen LogP contribution in [0.3, 0.4) is 0 Å². The van der Waals surface area contributed by atoms with E-state index in [-0.39, 0.29) is 0 Å². The van der Waals surface area contributed by atoms with Gasteiger partial charge in [0.25, 0.3) is 0 Å². The maximum atomic E-state index is 6.21. The van der Waals surface area contributed by atoms with Crippen molar-refractivity contribution in [2.24, 2.45) is 0 Å². The molecule has 2 aromatic rings. The highest BCUT2D eigenvalue weighted by Crippen LogP contribution is 2.38. The van der Waals surface area contributed by atoms with Crippen molar-refractivity contribution in [1.29, 1.82) is 0 Å². The Kier molecular flexibility index (Phi) is 3.75. The SMILES string of the molecule is CNCc1cn(Cc2cc(Cl)c3c(c2)OCCO3)nn1. The number of hydrogen-bond acceptors (Lipinski definition) is 5. The Morgan fingerprint density at radius 3 is 3.05 bits per heavy atom. The van der Waals surface area contributed by atoms with Gasteiger partial charge in [0.15, 0.2) is 11.5 Å². The van der Waals surface area contributed by atoms with Crippen LogP contribution in [-0.2, 0) is 13.1 Å². The minimum Gasteiger partial charge on any atom is -0.486 e. The third kappa shape index (κ3) is 2.71. The molecule has 1 aliphatic rings. The van der Waals surface area contributed by atoms with E-state index in [4.69, 9.17) is 21.1 Å². The number of benzene rings is 1. The Morgan fingerprint density at radius 1 is 1.35 bits per heavy atom. The molecule has 0 saturated carbocycles. The summed E-state index contributed by atoms with van der Waals surface area (Å²) in [6, 6.07) is 3.80. The van der Waals surface area contributed by atoms with Gasteiger partial charge in [-0.25, -0.2) is 4.68 Å². The molecule has 6 nitrogen and oxygen atoms in total. The summed E-state index contributed by atoms with van der Waals surface area (Å²) in [7, 11) is 1.87. The van der Waals surface area contributed by atoms with E-state index in [0.717, 1.165) is 11.3 Å². The maximum Gasteiger partial charge on any atom is 0.179 e. The first-order valence-electron chi connectivity index (χ1n) is 6.38. The number of fused-ring (bicyclic) bond motifs is 1. The zero-order chi connectivity index (χ0) is 13.9. The van der Waals surface area contributed by atoms with Crippen LogP contribution in [0.2, 0.25) is 5.02 Å². The molecule has 0 spiro atoms. The molecule has 0 saturated heterocycles. The van der Waals surface area contributed by atoms with Crippen molar-refractivity contribution in [2.75, 3.05) is 20.3 Å². The molecular formula is C13H15ClN4O2. The lowest BCUT2D eigenvalue weighted by Gasteiger charge is -2.20. The molecule has 1 aromatic carbocycles. The van der Waals surface area contributed by atoms with Gasteiger partial charge in [-0.2, -0.15) is 0 Å². The summed E-state index contributed by atoms with van der Waals surface area (Å²) in [5.41, 5.74) is 1.90. The van der Waals surface area contributed by atoms with Crippen molar-refractivity contribution in [3.63, 3.8) is 0 Å². The molecular weight excluding hydrogens is 280 g/mol. The van der Waals surface area contributed by atoms with Crippen molar-refractivity contribution >= 4 is 11.6 Å². The fourth-order valence-corrected chi connectivity index (χ4v) is 2.41. The van der Waals surface area contributed by atoms with Crippen LogP contribution >= 0.6 is 11.6 Å². The minimum atomic E-state index is 0.530. The monoisotopic (exact) mass is 294 g/mol. The molecule has 20 heavy (non-hydrogen) atoms. The molecule has 0 atom stereocenters. The first-order valence-corrected chi connectivity index (χ1v) is 6.75. The van der Waals surface area contributed by atoms with Crippen molar-refractivity contribution in [3.8, 4) is 11.5 Å². The normalized spacial score (nSPS) is 13.5. The summed E-state index contributed by atoms with van der Waals surface area (Å²) in [6.07, 6.45) is 1.90. The van der Waals surface area contributed by atoms with Crippen LogP contribution in [0, 0.1) is 0 Å². The van der Waals surface area contributed by atoms with E-state index >= 15 is 0 Å². The number of nitrogens with zero attached hydrogens (tertiary/aromatic N) is 3. The molecule has 0 radical (unpaired) electrons. The second-order valence-electron chi connectivity index (χ2n) is 4.54. The average Bonchev–Trinajstić information content (AvgIpc) is 2.87. The molecule has 0 amide bonds. The molecule has 7 heteroatoms. The van der Waals surface area contributed by atoms with Crippen LogP contribution in [0.4, 0.5) is 0 Å². The number of aromatic nitrogens is 3. The lowest BCUT2D eigenvalue weighted by Crippen LogP contribution is -2.16. The number of ether oxygens (including phenoxy) is 2. The minimum absolute atomic E-state index is 0.530. The predicted octanol–water partition coefficient (Wildman–Crippen LogP) is 1.47. The van der Waals surface area contributed by atoms with Gasteiger partial charge in [0.1, 0.15) is 13.2 Å². The summed E-state index contributed by atoms with van der Waals surface area (Å²) in [5.74, 6) is 1.31. The smallest absolute Gasteiger partial charge is 0.179 e. The topological polar surface area (TPSA) is 61.2 Å². The number of nitrogens with one attached hydrogen (secondary N) is 1. The molecule has 106 valence electrons. The summed E-state index contributed by atoms with van der Waals surface area (Å²) in [4.78, 5) is 0. The van der Waals surface area contributed by atoms with Gasteiger partial charge in [0.05, 0.1) is 23.5 Å². The van der Waals surface area contributed by atoms with Crippen molar-refractivity contribution in [1.82, 2.24) is 20.3 Å². The Bertz CT molecular complexity index is 614. The average molecular weight is 295 g/mol. The van der Waals surface area contributed by atoms with Gasteiger partial charge in [-0.3, -0.25) is 0 Å². The summed E-state index contributed by atoms with van der Waals surface area (Å²) < 4.78 is 12.8. The summed E-state index contributed by atoms with van der Waals surface area (Å²) in [6.45, 7) is 2.36. The van der Waals surface area contributed by atoms with Crippen molar-refractivity contribution in [3.05, 3.63) is 34.6 Å². The molecule has 3 rings (SSSR count). The van der Waals surface area contributed by atoms with Crippen molar-refractivity contribution < 1.29 is 9.47 Å². The van der Waals surface area contributed by atoms with E-state index in [1.807, 2.05) is 25.4 Å². The Morgan fingerprint density at radius 2 is 2.20 bits per heavy atom. The standard InChI is InChI=1S/C13H15ClN4O2/c1-15-6-10-8-18(17-16-10)7-9-4-11(14)13-12(5-9)19-2-3-20-13/h4-5,8,15H,2-3,6-7H2,1H3. The Balaban J connectivity index is 1.81. The molecule has 2 heterocycles. The summed E-state index contributed by atoms with van der Waals surface area (Å²) >= 11 is 6.21. The fourth-order valence-electron chi connectivity index (χ4n) is 2.12. The van der Waals surface area contributed by atoms with Crippen LogP contribution in [-0.4, -0.2) is 35.3 Å². The van der Waals surface area contributed by atoms with Gasteiger partial charge in [0.2, 0.25) is 0 Å². The maximum absolute atomic E-state index is 6.21. The Labute approximate surface area is 121 Å². The molecule has 0 unspecified atom stereocenters. The number of hydrogen-bond donors (Lipinski definition) is 1. The molecule has 0 bridgehead atoms. The van der Waals surface area contributed by atoms with Crippen LogP contribution in [0.5, 0.6) is 11.5 Å². The first-order chi connectivity index (χ1) is 9.76. The van der Waals surface area contributed by atoms with Gasteiger partial charge < -0.3 is 14.8 Å². The highest BCUT2D eigenvalue weighted by atomic mass is 35.5. The highest BCUT2D eigenvalue weighted by Gasteiger charge is 2.16. The zero-order valence-electron chi connectivity index (χ0n) is 11.1. The number of halogens is 1. The lowest BCUT2D eigenvalue weighted by molar-refractivity contribution is 0.171.